The van der Waals surface area contributed by atoms with Crippen LogP contribution in [0.1, 0.15) is 6.92 Å². The molecular formula is C7H12F4O4. The molecule has 0 fully saturated rings. The highest BCUT2D eigenvalue weighted by Gasteiger charge is 2.55. The Hall–Kier alpha value is -0.440. The van der Waals surface area contributed by atoms with Crippen LogP contribution in [0, 0.1) is 0 Å². The van der Waals surface area contributed by atoms with Gasteiger partial charge in [-0.3, -0.25) is 14.2 Å². The van der Waals surface area contributed by atoms with Crippen molar-refractivity contribution in [3.8, 4) is 0 Å². The van der Waals surface area contributed by atoms with Crippen LogP contribution < -0.4 is 0 Å². The highest BCUT2D eigenvalue weighted by molar-refractivity contribution is 4.75. The van der Waals surface area contributed by atoms with Crippen molar-refractivity contribution >= 4 is 0 Å². The molecule has 8 heteroatoms. The number of methoxy groups -OCH3 is 1. The molecule has 92 valence electrons. The normalized spacial score (nSPS) is 16.4. The van der Waals surface area contributed by atoms with E-state index in [1.807, 2.05) is 0 Å². The minimum atomic E-state index is -2.92. The molecule has 0 rings (SSSR count). The molecule has 0 bridgehead atoms. The van der Waals surface area contributed by atoms with Crippen LogP contribution >= 0.6 is 0 Å². The Morgan fingerprint density at radius 3 is 1.47 bits per heavy atom. The molecule has 0 aromatic heterocycles. The largest absolute Gasteiger partial charge is 0.352 e. The highest BCUT2D eigenvalue weighted by atomic mass is 19.2. The number of hydrogen-bond acceptors (Lipinski definition) is 4. The fourth-order valence-electron chi connectivity index (χ4n) is 0.852. The molecule has 1 unspecified atom stereocenters. The second kappa shape index (κ2) is 6.21. The maximum atomic E-state index is 13.6. The Labute approximate surface area is 84.0 Å². The average molecular weight is 236 g/mol. The summed E-state index contributed by atoms with van der Waals surface area (Å²) in [6.45, 7) is -3.98. The van der Waals surface area contributed by atoms with E-state index in [1.54, 1.807) is 0 Å². The number of halogens is 4. The molecule has 0 aromatic rings. The van der Waals surface area contributed by atoms with Crippen LogP contribution in [-0.2, 0) is 18.9 Å². The molecule has 15 heavy (non-hydrogen) atoms. The first kappa shape index (κ1) is 14.6. The topological polar surface area (TPSA) is 36.9 Å². The zero-order valence-electron chi connectivity index (χ0n) is 8.27. The van der Waals surface area contributed by atoms with Gasteiger partial charge in [-0.05, 0) is 0 Å². The van der Waals surface area contributed by atoms with Gasteiger partial charge in [-0.15, -0.1) is 0 Å². The summed E-state index contributed by atoms with van der Waals surface area (Å²) in [6, 6.07) is 0. The van der Waals surface area contributed by atoms with Gasteiger partial charge in [0.2, 0.25) is 0 Å². The summed E-state index contributed by atoms with van der Waals surface area (Å²) in [5.74, 6) is -5.79. The van der Waals surface area contributed by atoms with Crippen LogP contribution in [0.5, 0.6) is 0 Å². The Balaban J connectivity index is 4.90. The molecule has 0 aliphatic heterocycles. The van der Waals surface area contributed by atoms with Crippen LogP contribution in [0.2, 0.25) is 0 Å². The van der Waals surface area contributed by atoms with E-state index in [0.717, 1.165) is 7.11 Å². The van der Waals surface area contributed by atoms with Crippen molar-refractivity contribution in [2.45, 2.75) is 18.8 Å². The summed E-state index contributed by atoms with van der Waals surface area (Å²) in [4.78, 5) is 0. The third-order valence-corrected chi connectivity index (χ3v) is 1.66. The minimum absolute atomic E-state index is 0.716. The molecule has 0 saturated heterocycles. The first-order chi connectivity index (χ1) is 6.99. The summed E-state index contributed by atoms with van der Waals surface area (Å²) < 4.78 is 65.9. The van der Waals surface area contributed by atoms with Crippen molar-refractivity contribution in [2.75, 3.05) is 27.7 Å². The fraction of sp³-hybridized carbons (Fsp3) is 1.00. The zero-order valence-corrected chi connectivity index (χ0v) is 8.27. The van der Waals surface area contributed by atoms with Gasteiger partial charge in [0.25, 0.3) is 5.85 Å². The first-order valence-electron chi connectivity index (χ1n) is 3.83. The second-order valence-corrected chi connectivity index (χ2v) is 2.44. The molecule has 0 radical (unpaired) electrons. The van der Waals surface area contributed by atoms with Crippen LogP contribution in [0.15, 0.2) is 0 Å². The molecule has 0 aliphatic carbocycles. The van der Waals surface area contributed by atoms with E-state index in [4.69, 9.17) is 0 Å². The smallest absolute Gasteiger partial charge is 0.343 e. The standard InChI is InChI=1S/C7H12F4O4/c1-6(11,12-2)7(13-3-8,14-4-9)15-5-10/h3-5H2,1-2H3. The van der Waals surface area contributed by atoms with Crippen molar-refractivity contribution in [3.63, 3.8) is 0 Å². The Kier molecular flexibility index (Phi) is 6.03. The molecule has 0 saturated carbocycles. The molecule has 0 spiro atoms. The third kappa shape index (κ3) is 3.26. The molecule has 1 atom stereocenters. The molecule has 0 amide bonds. The maximum absolute atomic E-state index is 13.6. The van der Waals surface area contributed by atoms with E-state index in [-0.39, 0.29) is 0 Å². The van der Waals surface area contributed by atoms with Gasteiger partial charge in [-0.2, -0.15) is 0 Å². The average Bonchev–Trinajstić information content (AvgIpc) is 2.18. The predicted molar refractivity (Wildman–Crippen MR) is 40.4 cm³/mol. The lowest BCUT2D eigenvalue weighted by molar-refractivity contribution is -0.483. The predicted octanol–water partition coefficient (Wildman–Crippen LogP) is 1.80. The van der Waals surface area contributed by atoms with Crippen LogP contribution in [0.3, 0.4) is 0 Å². The van der Waals surface area contributed by atoms with Gasteiger partial charge in [0.05, 0.1) is 0 Å². The third-order valence-electron chi connectivity index (χ3n) is 1.66. The van der Waals surface area contributed by atoms with Crippen LogP contribution in [-0.4, -0.2) is 39.5 Å². The van der Waals surface area contributed by atoms with E-state index >= 15 is 0 Å². The SMILES string of the molecule is COC(C)(F)C(OCF)(OCF)OCF. The van der Waals surface area contributed by atoms with Crippen molar-refractivity contribution in [1.82, 2.24) is 0 Å². The van der Waals surface area contributed by atoms with Crippen LogP contribution in [0.4, 0.5) is 17.6 Å². The van der Waals surface area contributed by atoms with E-state index in [9.17, 15) is 17.6 Å². The van der Waals surface area contributed by atoms with Crippen molar-refractivity contribution < 1.29 is 36.5 Å². The van der Waals surface area contributed by atoms with Gasteiger partial charge in [0, 0.05) is 14.0 Å². The molecule has 0 heterocycles. The molecule has 0 aromatic carbocycles. The number of rotatable bonds is 8. The lowest BCUT2D eigenvalue weighted by atomic mass is 10.3. The zero-order chi connectivity index (χ0) is 11.9. The minimum Gasteiger partial charge on any atom is -0.343 e. The van der Waals surface area contributed by atoms with Gasteiger partial charge in [-0.25, -0.2) is 17.6 Å². The quantitative estimate of drug-likeness (QED) is 0.475. The van der Waals surface area contributed by atoms with Gasteiger partial charge in [0.15, 0.2) is 20.6 Å². The Bertz CT molecular complexity index is 161. The maximum Gasteiger partial charge on any atom is 0.352 e. The molecule has 0 N–H and O–H groups in total. The first-order valence-corrected chi connectivity index (χ1v) is 3.83. The van der Waals surface area contributed by atoms with Crippen LogP contribution in [0.25, 0.3) is 0 Å². The lowest BCUT2D eigenvalue weighted by Crippen LogP contribution is -2.56. The van der Waals surface area contributed by atoms with Crippen molar-refractivity contribution in [1.29, 1.82) is 0 Å². The molecule has 0 aliphatic rings. The number of hydrogen-bond donors (Lipinski definition) is 0. The molecule has 4 nitrogen and oxygen atoms in total. The van der Waals surface area contributed by atoms with E-state index in [2.05, 4.69) is 18.9 Å². The summed E-state index contributed by atoms with van der Waals surface area (Å²) >= 11 is 0. The van der Waals surface area contributed by atoms with Crippen molar-refractivity contribution in [2.24, 2.45) is 0 Å². The second-order valence-electron chi connectivity index (χ2n) is 2.44. The van der Waals surface area contributed by atoms with Crippen molar-refractivity contribution in [3.05, 3.63) is 0 Å². The van der Waals surface area contributed by atoms with Gasteiger partial charge < -0.3 is 4.74 Å². The summed E-state index contributed by atoms with van der Waals surface area (Å²) in [5.41, 5.74) is 0. The van der Waals surface area contributed by atoms with E-state index < -0.39 is 32.4 Å². The fourth-order valence-corrected chi connectivity index (χ4v) is 0.852. The van der Waals surface area contributed by atoms with Gasteiger partial charge in [-0.1, -0.05) is 0 Å². The Morgan fingerprint density at radius 2 is 1.27 bits per heavy atom. The summed E-state index contributed by atoms with van der Waals surface area (Å²) in [5, 5.41) is 0. The van der Waals surface area contributed by atoms with Gasteiger partial charge in [0.1, 0.15) is 0 Å². The summed E-state index contributed by atoms with van der Waals surface area (Å²) in [7, 11) is 0.875. The summed E-state index contributed by atoms with van der Waals surface area (Å²) in [6.07, 6.45) is 0. The lowest BCUT2D eigenvalue weighted by Gasteiger charge is -2.37. The number of ether oxygens (including phenoxy) is 4. The highest BCUT2D eigenvalue weighted by Crippen LogP contribution is 2.34. The van der Waals surface area contributed by atoms with E-state index in [1.165, 1.54) is 0 Å². The van der Waals surface area contributed by atoms with E-state index in [0.29, 0.717) is 6.92 Å². The number of alkyl halides is 4. The molecular weight excluding hydrogens is 224 g/mol. The Morgan fingerprint density at radius 1 is 0.933 bits per heavy atom. The monoisotopic (exact) mass is 236 g/mol. The van der Waals surface area contributed by atoms with Gasteiger partial charge >= 0.3 is 5.97 Å².